The van der Waals surface area contributed by atoms with Gasteiger partial charge < -0.3 is 5.11 Å². The highest BCUT2D eigenvalue weighted by Crippen LogP contribution is 2.33. The first-order chi connectivity index (χ1) is 8.20. The van der Waals surface area contributed by atoms with Crippen LogP contribution in [0.4, 0.5) is 4.39 Å². The van der Waals surface area contributed by atoms with Gasteiger partial charge in [-0.2, -0.15) is 0 Å². The van der Waals surface area contributed by atoms with Gasteiger partial charge in [0.15, 0.2) is 0 Å². The van der Waals surface area contributed by atoms with Crippen molar-refractivity contribution < 1.29 is 9.50 Å². The molecule has 4 heteroatoms. The van der Waals surface area contributed by atoms with Crippen LogP contribution in [0.15, 0.2) is 56.7 Å². The van der Waals surface area contributed by atoms with Gasteiger partial charge in [-0.3, -0.25) is 0 Å². The average Bonchev–Trinajstić information content (AvgIpc) is 2.34. The Morgan fingerprint density at radius 2 is 1.88 bits per heavy atom. The topological polar surface area (TPSA) is 20.2 Å². The number of aliphatic hydroxyl groups excluding tert-OH is 1. The van der Waals surface area contributed by atoms with E-state index in [2.05, 4.69) is 15.9 Å². The van der Waals surface area contributed by atoms with E-state index in [1.165, 1.54) is 17.8 Å². The van der Waals surface area contributed by atoms with Crippen molar-refractivity contribution in [2.45, 2.75) is 16.4 Å². The average molecular weight is 313 g/mol. The maximum Gasteiger partial charge on any atom is 0.137 e. The van der Waals surface area contributed by atoms with E-state index in [0.717, 1.165) is 14.9 Å². The van der Waals surface area contributed by atoms with Gasteiger partial charge in [-0.15, -0.1) is 0 Å². The first-order valence-electron chi connectivity index (χ1n) is 5.02. The number of hydrogen-bond donors (Lipinski definition) is 1. The van der Waals surface area contributed by atoms with E-state index in [0.29, 0.717) is 4.90 Å². The number of hydrogen-bond acceptors (Lipinski definition) is 2. The molecule has 2 aromatic rings. The van der Waals surface area contributed by atoms with Crippen LogP contribution in [0.5, 0.6) is 0 Å². The van der Waals surface area contributed by atoms with Gasteiger partial charge in [-0.25, -0.2) is 4.39 Å². The van der Waals surface area contributed by atoms with Crippen molar-refractivity contribution in [1.82, 2.24) is 0 Å². The molecule has 0 amide bonds. The summed E-state index contributed by atoms with van der Waals surface area (Å²) in [6.07, 6.45) is 0. The van der Waals surface area contributed by atoms with Crippen LogP contribution in [0.3, 0.4) is 0 Å². The molecule has 0 heterocycles. The molecule has 0 aliphatic rings. The number of halogens is 2. The van der Waals surface area contributed by atoms with Crippen LogP contribution in [0.25, 0.3) is 0 Å². The summed E-state index contributed by atoms with van der Waals surface area (Å²) in [5.74, 6) is -0.246. The van der Waals surface area contributed by atoms with Crippen molar-refractivity contribution in [2.75, 3.05) is 0 Å². The summed E-state index contributed by atoms with van der Waals surface area (Å²) in [6.45, 7) is -0.0593. The number of aliphatic hydroxyl groups is 1. The standard InChI is InChI=1S/C13H10BrFOS/c14-10-5-6-12(9(7-10)8-16)17-13-4-2-1-3-11(13)15/h1-7,16H,8H2. The molecule has 0 aliphatic heterocycles. The molecule has 1 N–H and O–H groups in total. The van der Waals surface area contributed by atoms with Gasteiger partial charge in [0, 0.05) is 14.3 Å². The normalized spacial score (nSPS) is 10.5. The minimum absolute atomic E-state index is 0.0593. The van der Waals surface area contributed by atoms with Crippen molar-refractivity contribution >= 4 is 27.7 Å². The summed E-state index contributed by atoms with van der Waals surface area (Å²) in [5, 5.41) is 9.26. The van der Waals surface area contributed by atoms with Crippen molar-refractivity contribution in [1.29, 1.82) is 0 Å². The van der Waals surface area contributed by atoms with Gasteiger partial charge >= 0.3 is 0 Å². The summed E-state index contributed by atoms with van der Waals surface area (Å²) >= 11 is 4.66. The predicted octanol–water partition coefficient (Wildman–Crippen LogP) is 4.23. The van der Waals surface area contributed by atoms with Crippen LogP contribution in [-0.4, -0.2) is 5.11 Å². The lowest BCUT2D eigenvalue weighted by atomic mass is 10.2. The summed E-state index contributed by atoms with van der Waals surface area (Å²) in [7, 11) is 0. The summed E-state index contributed by atoms with van der Waals surface area (Å²) in [6, 6.07) is 12.2. The Kier molecular flexibility index (Phi) is 4.20. The fourth-order valence-corrected chi connectivity index (χ4v) is 2.77. The van der Waals surface area contributed by atoms with Crippen molar-refractivity contribution in [2.24, 2.45) is 0 Å². The molecular formula is C13H10BrFOS. The van der Waals surface area contributed by atoms with Gasteiger partial charge in [-0.05, 0) is 35.9 Å². The van der Waals surface area contributed by atoms with Crippen molar-refractivity contribution in [3.8, 4) is 0 Å². The smallest absolute Gasteiger partial charge is 0.137 e. The Morgan fingerprint density at radius 3 is 2.59 bits per heavy atom. The molecule has 0 spiro atoms. The van der Waals surface area contributed by atoms with Crippen molar-refractivity contribution in [3.63, 3.8) is 0 Å². The Morgan fingerprint density at radius 1 is 1.12 bits per heavy atom. The highest BCUT2D eigenvalue weighted by atomic mass is 79.9. The zero-order chi connectivity index (χ0) is 12.3. The van der Waals surface area contributed by atoms with Crippen molar-refractivity contribution in [3.05, 3.63) is 58.3 Å². The molecule has 2 rings (SSSR count). The first-order valence-corrected chi connectivity index (χ1v) is 6.63. The van der Waals surface area contributed by atoms with Crippen LogP contribution in [0.1, 0.15) is 5.56 Å². The van der Waals surface area contributed by atoms with Gasteiger partial charge in [-0.1, -0.05) is 39.8 Å². The van der Waals surface area contributed by atoms with E-state index in [1.807, 2.05) is 18.2 Å². The molecule has 0 bridgehead atoms. The predicted molar refractivity (Wildman–Crippen MR) is 70.6 cm³/mol. The lowest BCUT2D eigenvalue weighted by molar-refractivity contribution is 0.279. The van der Waals surface area contributed by atoms with E-state index in [9.17, 15) is 9.50 Å². The quantitative estimate of drug-likeness (QED) is 0.915. The summed E-state index contributed by atoms with van der Waals surface area (Å²) < 4.78 is 14.4. The van der Waals surface area contributed by atoms with E-state index in [4.69, 9.17) is 0 Å². The fraction of sp³-hybridized carbons (Fsp3) is 0.0769. The Balaban J connectivity index is 2.33. The van der Waals surface area contributed by atoms with Crippen LogP contribution in [0.2, 0.25) is 0 Å². The monoisotopic (exact) mass is 312 g/mol. The molecule has 0 aliphatic carbocycles. The minimum atomic E-state index is -0.246. The van der Waals surface area contributed by atoms with Gasteiger partial charge in [0.05, 0.1) is 6.61 Å². The molecule has 0 fully saturated rings. The highest BCUT2D eigenvalue weighted by Gasteiger charge is 2.07. The van der Waals surface area contributed by atoms with Crippen LogP contribution in [0, 0.1) is 5.82 Å². The van der Waals surface area contributed by atoms with E-state index in [-0.39, 0.29) is 12.4 Å². The Labute approximate surface area is 112 Å². The van der Waals surface area contributed by atoms with Crippen LogP contribution >= 0.6 is 27.7 Å². The van der Waals surface area contributed by atoms with Gasteiger partial charge in [0.1, 0.15) is 5.82 Å². The lowest BCUT2D eigenvalue weighted by Gasteiger charge is -2.08. The third-order valence-corrected chi connectivity index (χ3v) is 3.91. The van der Waals surface area contributed by atoms with E-state index < -0.39 is 0 Å². The summed E-state index contributed by atoms with van der Waals surface area (Å²) in [4.78, 5) is 1.42. The molecule has 0 radical (unpaired) electrons. The maximum absolute atomic E-state index is 13.5. The SMILES string of the molecule is OCc1cc(Br)ccc1Sc1ccccc1F. The Bertz CT molecular complexity index is 531. The van der Waals surface area contributed by atoms with Gasteiger partial charge in [0.2, 0.25) is 0 Å². The zero-order valence-electron chi connectivity index (χ0n) is 8.86. The molecule has 0 unspecified atom stereocenters. The molecular weight excluding hydrogens is 303 g/mol. The highest BCUT2D eigenvalue weighted by molar-refractivity contribution is 9.10. The minimum Gasteiger partial charge on any atom is -0.392 e. The number of rotatable bonds is 3. The third kappa shape index (κ3) is 3.09. The largest absolute Gasteiger partial charge is 0.392 e. The fourth-order valence-electron chi connectivity index (χ4n) is 1.42. The summed E-state index contributed by atoms with van der Waals surface area (Å²) in [5.41, 5.74) is 0.785. The Hall–Kier alpha value is -0.840. The van der Waals surface area contributed by atoms with Crippen LogP contribution < -0.4 is 0 Å². The second kappa shape index (κ2) is 5.67. The zero-order valence-corrected chi connectivity index (χ0v) is 11.3. The molecule has 0 aromatic heterocycles. The number of benzene rings is 2. The third-order valence-electron chi connectivity index (χ3n) is 2.25. The second-order valence-corrected chi connectivity index (χ2v) is 5.44. The molecule has 0 atom stereocenters. The second-order valence-electron chi connectivity index (χ2n) is 3.44. The molecule has 1 nitrogen and oxygen atoms in total. The molecule has 88 valence electrons. The molecule has 0 saturated heterocycles. The first kappa shape index (κ1) is 12.6. The van der Waals surface area contributed by atoms with E-state index >= 15 is 0 Å². The maximum atomic E-state index is 13.5. The molecule has 17 heavy (non-hydrogen) atoms. The lowest BCUT2D eigenvalue weighted by Crippen LogP contribution is -1.88. The van der Waals surface area contributed by atoms with Gasteiger partial charge in [0.25, 0.3) is 0 Å². The molecule has 2 aromatic carbocycles. The van der Waals surface area contributed by atoms with E-state index in [1.54, 1.807) is 18.2 Å². The van der Waals surface area contributed by atoms with Crippen LogP contribution in [-0.2, 0) is 6.61 Å². The molecule has 0 saturated carbocycles.